The van der Waals surface area contributed by atoms with Crippen LogP contribution in [0.2, 0.25) is 0 Å². The smallest absolute Gasteiger partial charge is 0.166 e. The normalized spacial score (nSPS) is 15.8. The number of hydrogen-bond acceptors (Lipinski definition) is 0. The van der Waals surface area contributed by atoms with Crippen molar-refractivity contribution in [2.24, 2.45) is 11.8 Å². The third-order valence-electron chi connectivity index (χ3n) is 3.20. The highest BCUT2D eigenvalue weighted by atomic mass is 79.9. The standard InChI is InChI=1S/C14H18BrF3/c1-9(2)13(10(3)15)8-11-4-6-12(7-5-11)14(16,17)18/h4-7,9-10,13H,8H2,1-3H3. The molecule has 0 bridgehead atoms. The summed E-state index contributed by atoms with van der Waals surface area (Å²) in [7, 11) is 0. The fraction of sp³-hybridized carbons (Fsp3) is 0.571. The van der Waals surface area contributed by atoms with Crippen LogP contribution in [0.4, 0.5) is 13.2 Å². The molecule has 0 nitrogen and oxygen atoms in total. The second-order valence-electron chi connectivity index (χ2n) is 4.98. The Morgan fingerprint density at radius 1 is 1.06 bits per heavy atom. The van der Waals surface area contributed by atoms with E-state index >= 15 is 0 Å². The maximum atomic E-state index is 12.4. The van der Waals surface area contributed by atoms with Gasteiger partial charge in [0, 0.05) is 4.83 Å². The first-order valence-corrected chi connectivity index (χ1v) is 6.93. The molecule has 0 aliphatic carbocycles. The summed E-state index contributed by atoms with van der Waals surface area (Å²) in [5.74, 6) is 0.906. The number of rotatable bonds is 4. The lowest BCUT2D eigenvalue weighted by atomic mass is 9.87. The van der Waals surface area contributed by atoms with E-state index in [0.29, 0.717) is 16.7 Å². The summed E-state index contributed by atoms with van der Waals surface area (Å²) < 4.78 is 37.3. The number of alkyl halides is 4. The average Bonchev–Trinajstić information content (AvgIpc) is 2.24. The minimum Gasteiger partial charge on any atom is -0.166 e. The van der Waals surface area contributed by atoms with Crippen LogP contribution in [0, 0.1) is 11.8 Å². The van der Waals surface area contributed by atoms with Gasteiger partial charge in [-0.05, 0) is 36.0 Å². The van der Waals surface area contributed by atoms with Crippen molar-refractivity contribution in [1.29, 1.82) is 0 Å². The van der Waals surface area contributed by atoms with E-state index in [2.05, 4.69) is 36.7 Å². The molecular weight excluding hydrogens is 305 g/mol. The Bertz CT molecular complexity index is 358. The van der Waals surface area contributed by atoms with Gasteiger partial charge in [0.1, 0.15) is 0 Å². The predicted molar refractivity (Wildman–Crippen MR) is 71.9 cm³/mol. The zero-order valence-electron chi connectivity index (χ0n) is 10.8. The number of halogens is 4. The summed E-state index contributed by atoms with van der Waals surface area (Å²) >= 11 is 3.57. The van der Waals surface area contributed by atoms with Gasteiger partial charge in [-0.1, -0.05) is 48.8 Å². The van der Waals surface area contributed by atoms with Crippen molar-refractivity contribution in [3.63, 3.8) is 0 Å². The molecule has 1 rings (SSSR count). The maximum Gasteiger partial charge on any atom is 0.416 e. The van der Waals surface area contributed by atoms with Crippen LogP contribution in [-0.4, -0.2) is 4.83 Å². The summed E-state index contributed by atoms with van der Waals surface area (Å²) in [6.45, 7) is 6.34. The summed E-state index contributed by atoms with van der Waals surface area (Å²) in [6.07, 6.45) is -3.46. The molecule has 2 unspecified atom stereocenters. The Kier molecular flexibility index (Phi) is 5.26. The van der Waals surface area contributed by atoms with E-state index in [1.807, 2.05) is 0 Å². The lowest BCUT2D eigenvalue weighted by molar-refractivity contribution is -0.137. The van der Waals surface area contributed by atoms with Crippen molar-refractivity contribution in [3.8, 4) is 0 Å². The molecule has 0 N–H and O–H groups in total. The van der Waals surface area contributed by atoms with Gasteiger partial charge in [-0.25, -0.2) is 0 Å². The Morgan fingerprint density at radius 3 is 1.89 bits per heavy atom. The van der Waals surface area contributed by atoms with Crippen molar-refractivity contribution in [3.05, 3.63) is 35.4 Å². The van der Waals surface area contributed by atoms with Crippen molar-refractivity contribution in [1.82, 2.24) is 0 Å². The molecule has 2 atom stereocenters. The van der Waals surface area contributed by atoms with Crippen molar-refractivity contribution >= 4 is 15.9 Å². The largest absolute Gasteiger partial charge is 0.416 e. The summed E-state index contributed by atoms with van der Waals surface area (Å²) in [5, 5.41) is 0. The third-order valence-corrected chi connectivity index (χ3v) is 3.88. The Morgan fingerprint density at radius 2 is 1.56 bits per heavy atom. The van der Waals surface area contributed by atoms with E-state index in [4.69, 9.17) is 0 Å². The van der Waals surface area contributed by atoms with Gasteiger partial charge in [0.15, 0.2) is 0 Å². The third kappa shape index (κ3) is 4.30. The highest BCUT2D eigenvalue weighted by molar-refractivity contribution is 9.09. The first-order chi connectivity index (χ1) is 8.21. The van der Waals surface area contributed by atoms with Crippen LogP contribution < -0.4 is 0 Å². The van der Waals surface area contributed by atoms with Gasteiger partial charge in [0.25, 0.3) is 0 Å². The fourth-order valence-electron chi connectivity index (χ4n) is 2.03. The molecule has 0 aliphatic heterocycles. The van der Waals surface area contributed by atoms with Gasteiger partial charge in [0.2, 0.25) is 0 Å². The Labute approximate surface area is 115 Å². The second kappa shape index (κ2) is 6.09. The van der Waals surface area contributed by atoms with Crippen LogP contribution in [0.5, 0.6) is 0 Å². The minimum absolute atomic E-state index is 0.347. The van der Waals surface area contributed by atoms with E-state index in [1.54, 1.807) is 12.1 Å². The van der Waals surface area contributed by atoms with Crippen LogP contribution in [0.3, 0.4) is 0 Å². The zero-order valence-corrected chi connectivity index (χ0v) is 12.3. The van der Waals surface area contributed by atoms with Crippen LogP contribution >= 0.6 is 15.9 Å². The van der Waals surface area contributed by atoms with Gasteiger partial charge >= 0.3 is 6.18 Å². The fourth-order valence-corrected chi connectivity index (χ4v) is 2.83. The molecule has 4 heteroatoms. The van der Waals surface area contributed by atoms with E-state index in [0.717, 1.165) is 24.1 Å². The van der Waals surface area contributed by atoms with Crippen molar-refractivity contribution in [2.75, 3.05) is 0 Å². The first kappa shape index (κ1) is 15.5. The summed E-state index contributed by atoms with van der Waals surface area (Å²) in [6, 6.07) is 5.47. The Hall–Kier alpha value is -0.510. The molecular formula is C14H18BrF3. The molecule has 0 aromatic heterocycles. The SMILES string of the molecule is CC(C)C(Cc1ccc(C(F)(F)F)cc1)C(C)Br. The minimum atomic E-state index is -4.25. The Balaban J connectivity index is 2.80. The van der Waals surface area contributed by atoms with Crippen molar-refractivity contribution < 1.29 is 13.2 Å². The van der Waals surface area contributed by atoms with E-state index in [9.17, 15) is 13.2 Å². The second-order valence-corrected chi connectivity index (χ2v) is 6.43. The van der Waals surface area contributed by atoms with Gasteiger partial charge in [0.05, 0.1) is 5.56 Å². The summed E-state index contributed by atoms with van der Waals surface area (Å²) in [5.41, 5.74) is 0.368. The molecule has 1 aromatic rings. The first-order valence-electron chi connectivity index (χ1n) is 6.02. The lowest BCUT2D eigenvalue weighted by Gasteiger charge is -2.23. The topological polar surface area (TPSA) is 0 Å². The van der Waals surface area contributed by atoms with Crippen molar-refractivity contribution in [2.45, 2.75) is 38.2 Å². The molecule has 0 amide bonds. The number of benzene rings is 1. The highest BCUT2D eigenvalue weighted by Crippen LogP contribution is 2.30. The number of hydrogen-bond donors (Lipinski definition) is 0. The molecule has 0 radical (unpaired) electrons. The predicted octanol–water partition coefficient (Wildman–Crippen LogP) is 5.30. The van der Waals surface area contributed by atoms with Crippen LogP contribution in [0.15, 0.2) is 24.3 Å². The van der Waals surface area contributed by atoms with Gasteiger partial charge in [-0.3, -0.25) is 0 Å². The molecule has 0 saturated carbocycles. The molecule has 0 aliphatic rings. The van der Waals surface area contributed by atoms with Crippen LogP contribution in [0.25, 0.3) is 0 Å². The van der Waals surface area contributed by atoms with Gasteiger partial charge in [-0.15, -0.1) is 0 Å². The summed E-state index contributed by atoms with van der Waals surface area (Å²) in [4.78, 5) is 0.347. The quantitative estimate of drug-likeness (QED) is 0.659. The molecule has 18 heavy (non-hydrogen) atoms. The molecule has 0 spiro atoms. The van der Waals surface area contributed by atoms with Gasteiger partial charge in [-0.2, -0.15) is 13.2 Å². The maximum absolute atomic E-state index is 12.4. The van der Waals surface area contributed by atoms with Crippen LogP contribution in [0.1, 0.15) is 31.9 Å². The van der Waals surface area contributed by atoms with Crippen LogP contribution in [-0.2, 0) is 12.6 Å². The average molecular weight is 323 g/mol. The molecule has 0 heterocycles. The van der Waals surface area contributed by atoms with E-state index in [1.165, 1.54) is 0 Å². The molecule has 102 valence electrons. The van der Waals surface area contributed by atoms with E-state index in [-0.39, 0.29) is 0 Å². The lowest BCUT2D eigenvalue weighted by Crippen LogP contribution is -2.20. The van der Waals surface area contributed by atoms with E-state index < -0.39 is 11.7 Å². The van der Waals surface area contributed by atoms with Gasteiger partial charge < -0.3 is 0 Å². The molecule has 1 aromatic carbocycles. The zero-order chi connectivity index (χ0) is 13.9. The molecule has 0 saturated heterocycles. The highest BCUT2D eigenvalue weighted by Gasteiger charge is 2.30. The monoisotopic (exact) mass is 322 g/mol. The molecule has 0 fully saturated rings.